The summed E-state index contributed by atoms with van der Waals surface area (Å²) in [6.07, 6.45) is 0.668. The van der Waals surface area contributed by atoms with Gasteiger partial charge < -0.3 is 14.4 Å². The molecule has 0 aromatic heterocycles. The standard InChI is InChI=1S/C17H28N2O4S/c1-4-12-24(20,21)19-10-8-18(9-11-19)14-15-6-7-16(23-5-2)17(13-15)22-3/h6-7,13H,4-5,8-12,14H2,1-3H3/p+1. The van der Waals surface area contributed by atoms with Gasteiger partial charge in [0.15, 0.2) is 11.5 Å². The summed E-state index contributed by atoms with van der Waals surface area (Å²) >= 11 is 0. The number of piperazine rings is 1. The van der Waals surface area contributed by atoms with Crippen LogP contribution < -0.4 is 14.4 Å². The van der Waals surface area contributed by atoms with Crippen LogP contribution in [0.3, 0.4) is 0 Å². The van der Waals surface area contributed by atoms with E-state index < -0.39 is 10.0 Å². The van der Waals surface area contributed by atoms with Crippen molar-refractivity contribution in [3.05, 3.63) is 23.8 Å². The largest absolute Gasteiger partial charge is 0.493 e. The number of nitrogens with zero attached hydrogens (tertiary/aromatic N) is 1. The Morgan fingerprint density at radius 2 is 1.88 bits per heavy atom. The van der Waals surface area contributed by atoms with Crippen LogP contribution in [-0.2, 0) is 16.6 Å². The van der Waals surface area contributed by atoms with E-state index in [4.69, 9.17) is 9.47 Å². The van der Waals surface area contributed by atoms with E-state index in [0.29, 0.717) is 26.1 Å². The number of nitrogens with one attached hydrogen (secondary N) is 1. The van der Waals surface area contributed by atoms with Crippen molar-refractivity contribution in [2.75, 3.05) is 45.6 Å². The Labute approximate surface area is 145 Å². The molecule has 0 unspecified atom stereocenters. The molecule has 0 saturated carbocycles. The van der Waals surface area contributed by atoms with Crippen molar-refractivity contribution in [2.24, 2.45) is 0 Å². The van der Waals surface area contributed by atoms with Gasteiger partial charge in [0.1, 0.15) is 6.54 Å². The Kier molecular flexibility index (Phi) is 6.89. The lowest BCUT2D eigenvalue weighted by Crippen LogP contribution is -3.13. The average Bonchev–Trinajstić information content (AvgIpc) is 2.57. The number of benzene rings is 1. The molecule has 0 radical (unpaired) electrons. The van der Waals surface area contributed by atoms with Crippen molar-refractivity contribution < 1.29 is 22.8 Å². The highest BCUT2D eigenvalue weighted by Crippen LogP contribution is 2.27. The lowest BCUT2D eigenvalue weighted by atomic mass is 10.1. The van der Waals surface area contributed by atoms with Gasteiger partial charge in [-0.05, 0) is 31.5 Å². The molecular weight excluding hydrogens is 328 g/mol. The number of quaternary nitrogens is 1. The number of rotatable bonds is 8. The van der Waals surface area contributed by atoms with Crippen LogP contribution in [-0.4, -0.2) is 58.4 Å². The van der Waals surface area contributed by atoms with E-state index in [1.165, 1.54) is 10.5 Å². The first kappa shape index (κ1) is 19.0. The van der Waals surface area contributed by atoms with E-state index in [2.05, 4.69) is 6.07 Å². The number of hydrogen-bond acceptors (Lipinski definition) is 4. The molecule has 1 aromatic carbocycles. The SMILES string of the molecule is CCCS(=O)(=O)N1CC[NH+](Cc2ccc(OCC)c(OC)c2)CC1. The predicted octanol–water partition coefficient (Wildman–Crippen LogP) is 0.534. The second-order valence-corrected chi connectivity index (χ2v) is 8.15. The molecule has 1 aliphatic heterocycles. The Balaban J connectivity index is 1.94. The topological polar surface area (TPSA) is 60.3 Å². The third-order valence-electron chi connectivity index (χ3n) is 4.27. The number of sulfonamides is 1. The molecule has 136 valence electrons. The first-order valence-electron chi connectivity index (χ1n) is 8.61. The minimum atomic E-state index is -3.07. The van der Waals surface area contributed by atoms with Gasteiger partial charge in [-0.1, -0.05) is 6.92 Å². The van der Waals surface area contributed by atoms with Gasteiger partial charge >= 0.3 is 0 Å². The molecule has 1 aromatic rings. The van der Waals surface area contributed by atoms with Gasteiger partial charge in [-0.3, -0.25) is 0 Å². The molecule has 0 aliphatic carbocycles. The summed E-state index contributed by atoms with van der Waals surface area (Å²) in [6, 6.07) is 6.01. The summed E-state index contributed by atoms with van der Waals surface area (Å²) in [6.45, 7) is 8.19. The minimum absolute atomic E-state index is 0.248. The molecule has 24 heavy (non-hydrogen) atoms. The van der Waals surface area contributed by atoms with Gasteiger partial charge in [-0.25, -0.2) is 8.42 Å². The fraction of sp³-hybridized carbons (Fsp3) is 0.647. The zero-order valence-electron chi connectivity index (χ0n) is 14.9. The average molecular weight is 357 g/mol. The van der Waals surface area contributed by atoms with Crippen LogP contribution in [0.2, 0.25) is 0 Å². The number of hydrogen-bond donors (Lipinski definition) is 1. The summed E-state index contributed by atoms with van der Waals surface area (Å²) in [5.74, 6) is 1.76. The summed E-state index contributed by atoms with van der Waals surface area (Å²) < 4.78 is 36.8. The van der Waals surface area contributed by atoms with E-state index in [-0.39, 0.29) is 5.75 Å². The second-order valence-electron chi connectivity index (χ2n) is 6.06. The highest BCUT2D eigenvalue weighted by Gasteiger charge is 2.28. The van der Waals surface area contributed by atoms with Crippen molar-refractivity contribution in [3.63, 3.8) is 0 Å². The Bertz CT molecular complexity index is 625. The molecule has 2 rings (SSSR count). The zero-order chi connectivity index (χ0) is 17.6. The van der Waals surface area contributed by atoms with Crippen molar-refractivity contribution in [1.82, 2.24) is 4.31 Å². The molecule has 6 nitrogen and oxygen atoms in total. The smallest absolute Gasteiger partial charge is 0.214 e. The van der Waals surface area contributed by atoms with Crippen LogP contribution in [0.4, 0.5) is 0 Å². The van der Waals surface area contributed by atoms with Crippen LogP contribution >= 0.6 is 0 Å². The van der Waals surface area contributed by atoms with Crippen LogP contribution in [0.25, 0.3) is 0 Å². The third kappa shape index (κ3) is 4.84. The Morgan fingerprint density at radius 1 is 1.17 bits per heavy atom. The van der Waals surface area contributed by atoms with Gasteiger partial charge in [0, 0.05) is 5.56 Å². The molecule has 0 amide bonds. The van der Waals surface area contributed by atoms with E-state index in [1.807, 2.05) is 26.0 Å². The Morgan fingerprint density at radius 3 is 2.46 bits per heavy atom. The van der Waals surface area contributed by atoms with Gasteiger partial charge in [0.05, 0.1) is 45.6 Å². The summed E-state index contributed by atoms with van der Waals surface area (Å²) in [4.78, 5) is 1.39. The molecule has 0 bridgehead atoms. The molecular formula is C17H29N2O4S+. The van der Waals surface area contributed by atoms with Crippen LogP contribution in [0.5, 0.6) is 11.5 Å². The molecule has 1 aliphatic rings. The van der Waals surface area contributed by atoms with E-state index in [1.54, 1.807) is 11.4 Å². The lowest BCUT2D eigenvalue weighted by molar-refractivity contribution is -0.917. The van der Waals surface area contributed by atoms with Gasteiger partial charge in [0.25, 0.3) is 0 Å². The minimum Gasteiger partial charge on any atom is -0.493 e. The molecule has 1 saturated heterocycles. The predicted molar refractivity (Wildman–Crippen MR) is 94.2 cm³/mol. The first-order chi connectivity index (χ1) is 11.5. The molecule has 1 fully saturated rings. The Hall–Kier alpha value is -1.31. The molecule has 0 atom stereocenters. The summed E-state index contributed by atoms with van der Waals surface area (Å²) in [5.41, 5.74) is 1.18. The van der Waals surface area contributed by atoms with Gasteiger partial charge in [0.2, 0.25) is 10.0 Å². The first-order valence-corrected chi connectivity index (χ1v) is 10.2. The maximum absolute atomic E-state index is 12.1. The lowest BCUT2D eigenvalue weighted by Gasteiger charge is -2.31. The van der Waals surface area contributed by atoms with Crippen molar-refractivity contribution in [3.8, 4) is 11.5 Å². The van der Waals surface area contributed by atoms with E-state index in [9.17, 15) is 8.42 Å². The second kappa shape index (κ2) is 8.69. The van der Waals surface area contributed by atoms with Gasteiger partial charge in [-0.15, -0.1) is 0 Å². The molecule has 0 spiro atoms. The van der Waals surface area contributed by atoms with E-state index >= 15 is 0 Å². The normalized spacial score (nSPS) is 17.0. The molecule has 1 N–H and O–H groups in total. The maximum atomic E-state index is 12.1. The monoisotopic (exact) mass is 357 g/mol. The third-order valence-corrected chi connectivity index (χ3v) is 6.34. The van der Waals surface area contributed by atoms with Crippen molar-refractivity contribution >= 4 is 10.0 Å². The fourth-order valence-electron chi connectivity index (χ4n) is 3.03. The fourth-order valence-corrected chi connectivity index (χ4v) is 4.54. The van der Waals surface area contributed by atoms with Crippen LogP contribution in [0, 0.1) is 0 Å². The van der Waals surface area contributed by atoms with Crippen LogP contribution in [0.1, 0.15) is 25.8 Å². The van der Waals surface area contributed by atoms with Crippen molar-refractivity contribution in [2.45, 2.75) is 26.8 Å². The quantitative estimate of drug-likeness (QED) is 0.738. The highest BCUT2D eigenvalue weighted by atomic mass is 32.2. The summed E-state index contributed by atoms with van der Waals surface area (Å²) in [7, 11) is -1.42. The zero-order valence-corrected chi connectivity index (χ0v) is 15.7. The number of ether oxygens (including phenoxy) is 2. The van der Waals surface area contributed by atoms with E-state index in [0.717, 1.165) is 31.1 Å². The summed E-state index contributed by atoms with van der Waals surface area (Å²) in [5, 5.41) is 0. The molecule has 7 heteroatoms. The highest BCUT2D eigenvalue weighted by molar-refractivity contribution is 7.89. The van der Waals surface area contributed by atoms with Crippen molar-refractivity contribution in [1.29, 1.82) is 0 Å². The van der Waals surface area contributed by atoms with Gasteiger partial charge in [-0.2, -0.15) is 4.31 Å². The maximum Gasteiger partial charge on any atom is 0.214 e. The number of methoxy groups -OCH3 is 1. The van der Waals surface area contributed by atoms with Crippen LogP contribution in [0.15, 0.2) is 18.2 Å². The molecule has 1 heterocycles.